The zero-order chi connectivity index (χ0) is 12.1. The molecule has 1 aliphatic rings. The van der Waals surface area contributed by atoms with Crippen molar-refractivity contribution in [3.05, 3.63) is 35.9 Å². The lowest BCUT2D eigenvalue weighted by atomic mass is 9.96. The predicted molar refractivity (Wildman–Crippen MR) is 70.7 cm³/mol. The Bertz CT molecular complexity index is 325. The van der Waals surface area contributed by atoms with Crippen molar-refractivity contribution in [2.24, 2.45) is 5.92 Å². The van der Waals surface area contributed by atoms with E-state index in [2.05, 4.69) is 42.2 Å². The summed E-state index contributed by atoms with van der Waals surface area (Å²) in [5, 5.41) is 9.57. The minimum absolute atomic E-state index is 0.303. The summed E-state index contributed by atoms with van der Waals surface area (Å²) < 4.78 is 0. The second kappa shape index (κ2) is 6.18. The van der Waals surface area contributed by atoms with Crippen LogP contribution in [0.3, 0.4) is 0 Å². The van der Waals surface area contributed by atoms with E-state index in [9.17, 15) is 5.11 Å². The zero-order valence-corrected chi connectivity index (χ0v) is 10.7. The molecule has 0 aliphatic carbocycles. The van der Waals surface area contributed by atoms with Crippen LogP contribution in [0.5, 0.6) is 0 Å². The molecule has 0 spiro atoms. The van der Waals surface area contributed by atoms with E-state index in [0.717, 1.165) is 13.1 Å². The number of rotatable bonds is 5. The molecule has 0 amide bonds. The van der Waals surface area contributed by atoms with Crippen LogP contribution in [0.4, 0.5) is 0 Å². The number of likely N-dealkylation sites (tertiary alicyclic amines) is 1. The van der Waals surface area contributed by atoms with Gasteiger partial charge in [0, 0.05) is 12.6 Å². The van der Waals surface area contributed by atoms with Crippen LogP contribution in [0.1, 0.15) is 31.7 Å². The summed E-state index contributed by atoms with van der Waals surface area (Å²) in [5.74, 6) is 0.689. The van der Waals surface area contributed by atoms with Crippen LogP contribution in [-0.2, 0) is 6.54 Å². The Balaban J connectivity index is 1.97. The van der Waals surface area contributed by atoms with E-state index in [0.29, 0.717) is 18.6 Å². The van der Waals surface area contributed by atoms with E-state index in [1.54, 1.807) is 0 Å². The summed E-state index contributed by atoms with van der Waals surface area (Å²) in [6, 6.07) is 10.9. The highest BCUT2D eigenvalue weighted by atomic mass is 16.3. The van der Waals surface area contributed by atoms with E-state index in [1.165, 1.54) is 24.8 Å². The summed E-state index contributed by atoms with van der Waals surface area (Å²) in [6.45, 7) is 4.64. The first-order chi connectivity index (χ1) is 8.35. The molecule has 1 heterocycles. The zero-order valence-electron chi connectivity index (χ0n) is 10.7. The topological polar surface area (TPSA) is 23.5 Å². The molecule has 94 valence electrons. The predicted octanol–water partition coefficient (Wildman–Crippen LogP) is 2.67. The Morgan fingerprint density at radius 1 is 1.29 bits per heavy atom. The van der Waals surface area contributed by atoms with E-state index >= 15 is 0 Å². The van der Waals surface area contributed by atoms with Gasteiger partial charge in [0.15, 0.2) is 0 Å². The number of hydrogen-bond acceptors (Lipinski definition) is 2. The van der Waals surface area contributed by atoms with E-state index < -0.39 is 0 Å². The first-order valence-corrected chi connectivity index (χ1v) is 6.74. The number of nitrogens with zero attached hydrogens (tertiary/aromatic N) is 1. The summed E-state index contributed by atoms with van der Waals surface area (Å²) in [5.41, 5.74) is 1.35. The molecule has 1 aromatic rings. The molecule has 2 atom stereocenters. The fraction of sp³-hybridized carbons (Fsp3) is 0.600. The third kappa shape index (κ3) is 3.08. The van der Waals surface area contributed by atoms with Crippen LogP contribution in [0, 0.1) is 5.92 Å². The molecular formula is C15H23NO. The molecule has 2 nitrogen and oxygen atoms in total. The Kier molecular flexibility index (Phi) is 4.57. The first-order valence-electron chi connectivity index (χ1n) is 6.74. The van der Waals surface area contributed by atoms with Crippen molar-refractivity contribution in [3.8, 4) is 0 Å². The fourth-order valence-corrected chi connectivity index (χ4v) is 2.97. The summed E-state index contributed by atoms with van der Waals surface area (Å²) >= 11 is 0. The monoisotopic (exact) mass is 233 g/mol. The van der Waals surface area contributed by atoms with Gasteiger partial charge in [0.25, 0.3) is 0 Å². The first kappa shape index (κ1) is 12.6. The van der Waals surface area contributed by atoms with Gasteiger partial charge in [-0.3, -0.25) is 4.90 Å². The van der Waals surface area contributed by atoms with Gasteiger partial charge in [-0.15, -0.1) is 0 Å². The van der Waals surface area contributed by atoms with Gasteiger partial charge in [-0.1, -0.05) is 43.7 Å². The maximum atomic E-state index is 9.57. The number of aliphatic hydroxyl groups is 1. The van der Waals surface area contributed by atoms with Gasteiger partial charge in [0.2, 0.25) is 0 Å². The molecule has 1 aromatic carbocycles. The standard InChI is InChI=1S/C15H23NO/c1-2-6-14-9-10-16(15(14)12-17)11-13-7-4-3-5-8-13/h3-5,7-8,14-15,17H,2,6,9-12H2,1H3/t14-,15+/m1/s1. The Hall–Kier alpha value is -0.860. The van der Waals surface area contributed by atoms with Gasteiger partial charge in [-0.2, -0.15) is 0 Å². The van der Waals surface area contributed by atoms with E-state index in [-0.39, 0.29) is 0 Å². The minimum atomic E-state index is 0.303. The van der Waals surface area contributed by atoms with Crippen LogP contribution in [0.2, 0.25) is 0 Å². The lowest BCUT2D eigenvalue weighted by Gasteiger charge is -2.26. The summed E-state index contributed by atoms with van der Waals surface area (Å²) in [7, 11) is 0. The highest BCUT2D eigenvalue weighted by molar-refractivity contribution is 5.15. The molecule has 1 fully saturated rings. The fourth-order valence-electron chi connectivity index (χ4n) is 2.97. The lowest BCUT2D eigenvalue weighted by molar-refractivity contribution is 0.127. The summed E-state index contributed by atoms with van der Waals surface area (Å²) in [4.78, 5) is 2.44. The molecule has 1 N–H and O–H groups in total. The second-order valence-electron chi connectivity index (χ2n) is 5.04. The van der Waals surface area contributed by atoms with E-state index in [4.69, 9.17) is 0 Å². The third-order valence-electron chi connectivity index (χ3n) is 3.88. The van der Waals surface area contributed by atoms with Crippen LogP contribution < -0.4 is 0 Å². The van der Waals surface area contributed by atoms with Gasteiger partial charge < -0.3 is 5.11 Å². The molecule has 1 aliphatic heterocycles. The van der Waals surface area contributed by atoms with Crippen molar-refractivity contribution >= 4 is 0 Å². The molecule has 2 rings (SSSR count). The van der Waals surface area contributed by atoms with Crippen LogP contribution in [-0.4, -0.2) is 29.2 Å². The Labute approximate surface area is 104 Å². The Morgan fingerprint density at radius 2 is 2.06 bits per heavy atom. The van der Waals surface area contributed by atoms with Crippen molar-refractivity contribution in [2.75, 3.05) is 13.2 Å². The van der Waals surface area contributed by atoms with Gasteiger partial charge in [0.1, 0.15) is 0 Å². The lowest BCUT2D eigenvalue weighted by Crippen LogP contribution is -2.35. The normalized spacial score (nSPS) is 25.3. The molecule has 17 heavy (non-hydrogen) atoms. The number of benzene rings is 1. The van der Waals surface area contributed by atoms with Crippen molar-refractivity contribution in [2.45, 2.75) is 38.8 Å². The third-order valence-corrected chi connectivity index (χ3v) is 3.88. The molecule has 0 bridgehead atoms. The van der Waals surface area contributed by atoms with E-state index in [1.807, 2.05) is 0 Å². The summed E-state index contributed by atoms with van der Waals surface area (Å²) in [6.07, 6.45) is 3.71. The minimum Gasteiger partial charge on any atom is -0.395 e. The van der Waals surface area contributed by atoms with Gasteiger partial charge >= 0.3 is 0 Å². The largest absolute Gasteiger partial charge is 0.395 e. The van der Waals surface area contributed by atoms with Gasteiger partial charge in [-0.05, 0) is 30.9 Å². The maximum Gasteiger partial charge on any atom is 0.0589 e. The van der Waals surface area contributed by atoms with Crippen LogP contribution in [0.25, 0.3) is 0 Å². The van der Waals surface area contributed by atoms with Crippen molar-refractivity contribution < 1.29 is 5.11 Å². The van der Waals surface area contributed by atoms with Crippen molar-refractivity contribution in [1.82, 2.24) is 4.90 Å². The van der Waals surface area contributed by atoms with Gasteiger partial charge in [0.05, 0.1) is 6.61 Å². The highest BCUT2D eigenvalue weighted by Crippen LogP contribution is 2.29. The van der Waals surface area contributed by atoms with Crippen LogP contribution >= 0.6 is 0 Å². The molecule has 1 saturated heterocycles. The molecular weight excluding hydrogens is 210 g/mol. The maximum absolute atomic E-state index is 9.57. The Morgan fingerprint density at radius 3 is 2.71 bits per heavy atom. The van der Waals surface area contributed by atoms with Gasteiger partial charge in [-0.25, -0.2) is 0 Å². The highest BCUT2D eigenvalue weighted by Gasteiger charge is 2.32. The molecule has 0 radical (unpaired) electrons. The quantitative estimate of drug-likeness (QED) is 0.845. The SMILES string of the molecule is CCC[C@@H]1CCN(Cc2ccccc2)[C@H]1CO. The number of aliphatic hydroxyl groups excluding tert-OH is 1. The molecule has 0 saturated carbocycles. The molecule has 0 aromatic heterocycles. The van der Waals surface area contributed by atoms with Crippen molar-refractivity contribution in [3.63, 3.8) is 0 Å². The molecule has 2 heteroatoms. The second-order valence-corrected chi connectivity index (χ2v) is 5.04. The average molecular weight is 233 g/mol. The molecule has 0 unspecified atom stereocenters. The smallest absolute Gasteiger partial charge is 0.0589 e. The van der Waals surface area contributed by atoms with Crippen molar-refractivity contribution in [1.29, 1.82) is 0 Å². The van der Waals surface area contributed by atoms with Crippen LogP contribution in [0.15, 0.2) is 30.3 Å². The average Bonchev–Trinajstić information content (AvgIpc) is 2.73. The number of hydrogen-bond donors (Lipinski definition) is 1.